The fourth-order valence-corrected chi connectivity index (χ4v) is 7.11. The average molecular weight is 467 g/mol. The summed E-state index contributed by atoms with van der Waals surface area (Å²) in [6, 6.07) is 0. The SMILES string of the molecule is C/C1=C\[C@@H](C)C([C@@H](C)OC(=O)CCl)OC(=O)CCC2C=CC3C(C4[C@H]3C[C@H](C)[C@H]4O)[C@]12O. The summed E-state index contributed by atoms with van der Waals surface area (Å²) in [4.78, 5) is 24.4. The third-order valence-corrected chi connectivity index (χ3v) is 8.78. The lowest BCUT2D eigenvalue weighted by molar-refractivity contribution is -0.174. The molecule has 4 rings (SSSR count). The molecule has 1 heterocycles. The maximum absolute atomic E-state index is 12.7. The van der Waals surface area contributed by atoms with E-state index in [0.29, 0.717) is 12.3 Å². The van der Waals surface area contributed by atoms with Gasteiger partial charge in [0.2, 0.25) is 0 Å². The van der Waals surface area contributed by atoms with E-state index in [4.69, 9.17) is 21.1 Å². The van der Waals surface area contributed by atoms with Crippen molar-refractivity contribution in [1.82, 2.24) is 0 Å². The quantitative estimate of drug-likeness (QED) is 0.377. The minimum atomic E-state index is -1.13. The molecule has 2 saturated carbocycles. The van der Waals surface area contributed by atoms with Crippen LogP contribution < -0.4 is 0 Å². The Bertz CT molecular complexity index is 823. The molecule has 0 aromatic heterocycles. The highest BCUT2D eigenvalue weighted by Crippen LogP contribution is 2.65. The first kappa shape index (κ1) is 23.8. The Morgan fingerprint density at radius 1 is 1.38 bits per heavy atom. The molecule has 0 saturated heterocycles. The number of rotatable bonds is 3. The van der Waals surface area contributed by atoms with Gasteiger partial charge in [-0.1, -0.05) is 32.1 Å². The molecule has 0 spiro atoms. The van der Waals surface area contributed by atoms with Crippen LogP contribution in [-0.4, -0.2) is 51.9 Å². The number of hydrogen-bond donors (Lipinski definition) is 2. The van der Waals surface area contributed by atoms with E-state index in [-0.39, 0.29) is 53.8 Å². The van der Waals surface area contributed by atoms with E-state index in [1.165, 1.54) is 0 Å². The fourth-order valence-electron chi connectivity index (χ4n) is 7.05. The zero-order valence-electron chi connectivity index (χ0n) is 19.2. The van der Waals surface area contributed by atoms with Crippen LogP contribution in [0.15, 0.2) is 23.8 Å². The maximum Gasteiger partial charge on any atom is 0.321 e. The summed E-state index contributed by atoms with van der Waals surface area (Å²) in [5.74, 6) is -0.828. The smallest absolute Gasteiger partial charge is 0.321 e. The van der Waals surface area contributed by atoms with Gasteiger partial charge in [0.15, 0.2) is 0 Å². The van der Waals surface area contributed by atoms with Crippen LogP contribution in [0.3, 0.4) is 0 Å². The third-order valence-electron chi connectivity index (χ3n) is 8.56. The van der Waals surface area contributed by atoms with Crippen molar-refractivity contribution in [2.24, 2.45) is 41.4 Å². The number of fused-ring (bicyclic) bond motifs is 6. The molecule has 0 radical (unpaired) electrons. The number of carbonyl (C=O) groups is 2. The van der Waals surface area contributed by atoms with E-state index < -0.39 is 29.9 Å². The summed E-state index contributed by atoms with van der Waals surface area (Å²) < 4.78 is 11.1. The molecule has 1 aliphatic heterocycles. The Morgan fingerprint density at radius 3 is 2.78 bits per heavy atom. The molecule has 0 aromatic carbocycles. The van der Waals surface area contributed by atoms with Gasteiger partial charge in [-0.05, 0) is 55.9 Å². The van der Waals surface area contributed by atoms with Gasteiger partial charge in [-0.2, -0.15) is 0 Å². The molecule has 5 unspecified atom stereocenters. The number of esters is 2. The highest BCUT2D eigenvalue weighted by molar-refractivity contribution is 6.26. The monoisotopic (exact) mass is 466 g/mol. The van der Waals surface area contributed by atoms with Crippen LogP contribution in [0.2, 0.25) is 0 Å². The molecule has 6 nitrogen and oxygen atoms in total. The highest BCUT2D eigenvalue weighted by atomic mass is 35.5. The predicted octanol–water partition coefficient (Wildman–Crippen LogP) is 3.24. The number of halogens is 1. The summed E-state index contributed by atoms with van der Waals surface area (Å²) in [5.41, 5.74) is -0.295. The number of aliphatic hydroxyl groups is 2. The second-order valence-corrected chi connectivity index (χ2v) is 10.7. The number of hydrogen-bond acceptors (Lipinski definition) is 6. The summed E-state index contributed by atoms with van der Waals surface area (Å²) in [6.45, 7) is 7.62. The van der Waals surface area contributed by atoms with Crippen molar-refractivity contribution >= 4 is 23.5 Å². The third kappa shape index (κ3) is 3.72. The highest BCUT2D eigenvalue weighted by Gasteiger charge is 2.66. The minimum absolute atomic E-state index is 0.0636. The summed E-state index contributed by atoms with van der Waals surface area (Å²) >= 11 is 5.57. The first-order valence-corrected chi connectivity index (χ1v) is 12.4. The molecular weight excluding hydrogens is 432 g/mol. The molecule has 11 atom stereocenters. The molecule has 4 aliphatic rings. The summed E-state index contributed by atoms with van der Waals surface area (Å²) in [7, 11) is 0. The number of aliphatic hydroxyl groups excluding tert-OH is 1. The lowest BCUT2D eigenvalue weighted by Crippen LogP contribution is -2.63. The van der Waals surface area contributed by atoms with Crippen LogP contribution in [0.1, 0.15) is 47.0 Å². The second-order valence-electron chi connectivity index (χ2n) is 10.4. The lowest BCUT2D eigenvalue weighted by atomic mass is 9.46. The van der Waals surface area contributed by atoms with Crippen molar-refractivity contribution in [3.63, 3.8) is 0 Å². The van der Waals surface area contributed by atoms with Crippen LogP contribution in [0.5, 0.6) is 0 Å². The largest absolute Gasteiger partial charge is 0.458 e. The molecule has 0 aromatic rings. The van der Waals surface area contributed by atoms with Gasteiger partial charge in [-0.25, -0.2) is 0 Å². The van der Waals surface area contributed by atoms with Crippen molar-refractivity contribution in [2.75, 3.05) is 5.88 Å². The molecule has 0 bridgehead atoms. The number of ether oxygens (including phenoxy) is 2. The Balaban J connectivity index is 1.68. The zero-order chi connectivity index (χ0) is 23.4. The van der Waals surface area contributed by atoms with Crippen molar-refractivity contribution in [3.8, 4) is 0 Å². The van der Waals surface area contributed by atoms with E-state index >= 15 is 0 Å². The zero-order valence-corrected chi connectivity index (χ0v) is 20.0. The molecule has 2 N–H and O–H groups in total. The molecule has 7 heteroatoms. The normalized spacial score (nSPS) is 48.2. The Kier molecular flexibility index (Phi) is 6.51. The van der Waals surface area contributed by atoms with Crippen LogP contribution in [0, 0.1) is 41.4 Å². The second kappa shape index (κ2) is 8.77. The molecule has 0 amide bonds. The van der Waals surface area contributed by atoms with Crippen LogP contribution >= 0.6 is 11.6 Å². The van der Waals surface area contributed by atoms with Gasteiger partial charge < -0.3 is 19.7 Å². The van der Waals surface area contributed by atoms with Crippen LogP contribution in [-0.2, 0) is 19.1 Å². The fraction of sp³-hybridized carbons (Fsp3) is 0.760. The first-order chi connectivity index (χ1) is 15.1. The number of carbonyl (C=O) groups excluding carboxylic acids is 2. The minimum Gasteiger partial charge on any atom is -0.458 e. The first-order valence-electron chi connectivity index (χ1n) is 11.8. The van der Waals surface area contributed by atoms with Gasteiger partial charge in [0.25, 0.3) is 0 Å². The van der Waals surface area contributed by atoms with Crippen molar-refractivity contribution in [3.05, 3.63) is 23.8 Å². The standard InChI is InChI=1S/C25H35ClO6/c1-12-10-18-17-7-5-16-6-8-19(27)32-24(15(4)31-20(28)11-26)13(2)9-14(3)25(16,30)22(17)21(18)23(12)29/h5,7,9,12-13,15-18,21-24,29-30H,6,8,10-11H2,1-4H3/b14-9+/t12-,13+,15+,16?,17?,18-,21?,22?,23+,24?,25-/m0/s1. The van der Waals surface area contributed by atoms with Crippen LogP contribution in [0.4, 0.5) is 0 Å². The summed E-state index contributed by atoms with van der Waals surface area (Å²) in [6.07, 6.45) is 6.08. The number of alkyl halides is 1. The molecule has 2 fully saturated rings. The van der Waals surface area contributed by atoms with Gasteiger partial charge in [0, 0.05) is 24.2 Å². The average Bonchev–Trinajstić information content (AvgIpc) is 2.97. The van der Waals surface area contributed by atoms with Gasteiger partial charge in [-0.3, -0.25) is 9.59 Å². The van der Waals surface area contributed by atoms with E-state index in [1.54, 1.807) is 6.92 Å². The van der Waals surface area contributed by atoms with E-state index in [2.05, 4.69) is 19.1 Å². The molecular formula is C25H35ClO6. The van der Waals surface area contributed by atoms with Gasteiger partial charge in [0.1, 0.15) is 18.1 Å². The predicted molar refractivity (Wildman–Crippen MR) is 120 cm³/mol. The van der Waals surface area contributed by atoms with E-state index in [1.807, 2.05) is 19.9 Å². The van der Waals surface area contributed by atoms with Crippen molar-refractivity contribution in [1.29, 1.82) is 0 Å². The Labute approximate surface area is 195 Å². The molecule has 3 aliphatic carbocycles. The van der Waals surface area contributed by atoms with Gasteiger partial charge >= 0.3 is 11.9 Å². The molecule has 32 heavy (non-hydrogen) atoms. The topological polar surface area (TPSA) is 93.1 Å². The Morgan fingerprint density at radius 2 is 2.09 bits per heavy atom. The van der Waals surface area contributed by atoms with Crippen molar-refractivity contribution in [2.45, 2.75) is 70.9 Å². The van der Waals surface area contributed by atoms with Crippen LogP contribution in [0.25, 0.3) is 0 Å². The summed E-state index contributed by atoms with van der Waals surface area (Å²) in [5, 5.41) is 23.1. The van der Waals surface area contributed by atoms with Gasteiger partial charge in [-0.15, -0.1) is 11.6 Å². The number of allylic oxidation sites excluding steroid dienone is 1. The van der Waals surface area contributed by atoms with E-state index in [0.717, 1.165) is 12.0 Å². The Hall–Kier alpha value is -1.37. The van der Waals surface area contributed by atoms with Gasteiger partial charge in [0.05, 0.1) is 11.7 Å². The molecule has 178 valence electrons. The maximum atomic E-state index is 12.7. The lowest BCUT2D eigenvalue weighted by Gasteiger charge is -2.60. The van der Waals surface area contributed by atoms with E-state index in [9.17, 15) is 19.8 Å². The van der Waals surface area contributed by atoms with Crippen molar-refractivity contribution < 1.29 is 29.3 Å². The number of cyclic esters (lactones) is 1.